The van der Waals surface area contributed by atoms with Gasteiger partial charge in [-0.25, -0.2) is 4.52 Å². The topological polar surface area (TPSA) is 118 Å². The highest BCUT2D eigenvalue weighted by atomic mass is 16.5. The van der Waals surface area contributed by atoms with Gasteiger partial charge in [0, 0.05) is 37.9 Å². The van der Waals surface area contributed by atoms with Gasteiger partial charge in [0.1, 0.15) is 11.2 Å². The van der Waals surface area contributed by atoms with E-state index in [1.165, 1.54) is 27.4 Å². The second kappa shape index (κ2) is 9.01. The number of morpholine rings is 1. The van der Waals surface area contributed by atoms with E-state index in [0.717, 1.165) is 12.8 Å². The van der Waals surface area contributed by atoms with E-state index >= 15 is 0 Å². The summed E-state index contributed by atoms with van der Waals surface area (Å²) in [5.41, 5.74) is 0.109. The number of amides is 2. The maximum absolute atomic E-state index is 13.2. The molecule has 3 heterocycles. The molecule has 2 fully saturated rings. The Kier molecular flexibility index (Phi) is 6.29. The van der Waals surface area contributed by atoms with E-state index in [9.17, 15) is 19.5 Å². The quantitative estimate of drug-likeness (QED) is 0.633. The Hall–Kier alpha value is -3.14. The Morgan fingerprint density at radius 3 is 2.55 bits per heavy atom. The standard InChI is InChI=1S/C23H31N5O5/c1-13(2)9-27-22-17(7-8-19(29)26-10-14(3)33-15(4)11-26)21(31)25-28(22)12-18(23(27)32)20(30)24-16-5-6-16/h7-8,12-16H,5-6,9-11H2,1-4H3,(H,24,30)(H,25,31)/b8-7+/t14-,15-/m1/s1. The zero-order valence-corrected chi connectivity index (χ0v) is 19.4. The second-order valence-electron chi connectivity index (χ2n) is 9.44. The first-order valence-corrected chi connectivity index (χ1v) is 11.4. The number of ether oxygens (including phenoxy) is 1. The van der Waals surface area contributed by atoms with Crippen LogP contribution in [0.5, 0.6) is 5.88 Å². The van der Waals surface area contributed by atoms with Gasteiger partial charge in [-0.2, -0.15) is 0 Å². The van der Waals surface area contributed by atoms with E-state index in [1.807, 2.05) is 27.7 Å². The van der Waals surface area contributed by atoms with Crippen molar-refractivity contribution < 1.29 is 19.4 Å². The summed E-state index contributed by atoms with van der Waals surface area (Å²) in [5.74, 6) is -0.881. The van der Waals surface area contributed by atoms with E-state index in [1.54, 1.807) is 4.90 Å². The molecule has 2 aromatic rings. The molecule has 4 rings (SSSR count). The van der Waals surface area contributed by atoms with Crippen molar-refractivity contribution in [3.8, 4) is 5.88 Å². The summed E-state index contributed by atoms with van der Waals surface area (Å²) >= 11 is 0. The molecule has 2 aromatic heterocycles. The van der Waals surface area contributed by atoms with Crippen LogP contribution in [0, 0.1) is 5.92 Å². The molecule has 2 N–H and O–H groups in total. The normalized spacial score (nSPS) is 21.3. The molecule has 2 atom stereocenters. The minimum atomic E-state index is -0.453. The van der Waals surface area contributed by atoms with Gasteiger partial charge in [0.05, 0.1) is 17.8 Å². The molecule has 2 amide bonds. The zero-order valence-electron chi connectivity index (χ0n) is 19.4. The molecule has 1 aliphatic carbocycles. The summed E-state index contributed by atoms with van der Waals surface area (Å²) in [6.45, 7) is 9.02. The Morgan fingerprint density at radius 2 is 1.94 bits per heavy atom. The summed E-state index contributed by atoms with van der Waals surface area (Å²) in [6.07, 6.45) is 5.88. The molecule has 0 spiro atoms. The first-order chi connectivity index (χ1) is 15.6. The lowest BCUT2D eigenvalue weighted by atomic mass is 10.2. The summed E-state index contributed by atoms with van der Waals surface area (Å²) in [6, 6.07) is 0.104. The molecule has 1 saturated carbocycles. The van der Waals surface area contributed by atoms with Gasteiger partial charge >= 0.3 is 0 Å². The van der Waals surface area contributed by atoms with Gasteiger partial charge in [0.15, 0.2) is 0 Å². The molecule has 1 aliphatic heterocycles. The van der Waals surface area contributed by atoms with Crippen LogP contribution in [0.25, 0.3) is 11.7 Å². The van der Waals surface area contributed by atoms with Gasteiger partial charge in [-0.05, 0) is 38.7 Å². The van der Waals surface area contributed by atoms with E-state index in [0.29, 0.717) is 25.3 Å². The highest BCUT2D eigenvalue weighted by molar-refractivity contribution is 5.95. The lowest BCUT2D eigenvalue weighted by Crippen LogP contribution is -2.47. The lowest BCUT2D eigenvalue weighted by molar-refractivity contribution is -0.137. The highest BCUT2D eigenvalue weighted by Crippen LogP contribution is 2.24. The Balaban J connectivity index is 1.72. The molecular formula is C23H31N5O5. The summed E-state index contributed by atoms with van der Waals surface area (Å²) in [5, 5.41) is 17.5. The third kappa shape index (κ3) is 4.95. The van der Waals surface area contributed by atoms with Crippen LogP contribution in [0.2, 0.25) is 0 Å². The highest BCUT2D eigenvalue weighted by Gasteiger charge is 2.28. The van der Waals surface area contributed by atoms with Crippen molar-refractivity contribution in [3.63, 3.8) is 0 Å². The monoisotopic (exact) mass is 457 g/mol. The molecule has 0 unspecified atom stereocenters. The van der Waals surface area contributed by atoms with Gasteiger partial charge < -0.3 is 20.1 Å². The van der Waals surface area contributed by atoms with Crippen molar-refractivity contribution in [2.24, 2.45) is 5.92 Å². The van der Waals surface area contributed by atoms with Crippen molar-refractivity contribution in [3.05, 3.63) is 33.8 Å². The number of hydrogen-bond donors (Lipinski definition) is 2. The fraction of sp³-hybridized carbons (Fsp3) is 0.565. The number of rotatable bonds is 6. The zero-order chi connectivity index (χ0) is 23.9. The van der Waals surface area contributed by atoms with Crippen LogP contribution >= 0.6 is 0 Å². The average Bonchev–Trinajstić information content (AvgIpc) is 3.48. The van der Waals surface area contributed by atoms with Crippen LogP contribution in [0.1, 0.15) is 56.5 Å². The smallest absolute Gasteiger partial charge is 0.266 e. The maximum Gasteiger partial charge on any atom is 0.266 e. The molecule has 0 radical (unpaired) electrons. The van der Waals surface area contributed by atoms with Crippen LogP contribution in [0.15, 0.2) is 17.1 Å². The van der Waals surface area contributed by atoms with Crippen LogP contribution in [0.4, 0.5) is 0 Å². The number of nitrogens with zero attached hydrogens (tertiary/aromatic N) is 4. The van der Waals surface area contributed by atoms with Crippen LogP contribution < -0.4 is 10.9 Å². The molecule has 0 aromatic carbocycles. The average molecular weight is 458 g/mol. The van der Waals surface area contributed by atoms with Crippen molar-refractivity contribution in [1.82, 2.24) is 24.4 Å². The summed E-state index contributed by atoms with van der Waals surface area (Å²) in [4.78, 5) is 40.3. The molecule has 10 heteroatoms. The van der Waals surface area contributed by atoms with Crippen LogP contribution in [-0.2, 0) is 16.1 Å². The Labute approximate surface area is 191 Å². The van der Waals surface area contributed by atoms with Crippen molar-refractivity contribution in [2.45, 2.75) is 65.3 Å². The number of carbonyl (C=O) groups excluding carboxylic acids is 2. The molecule has 0 bridgehead atoms. The maximum atomic E-state index is 13.2. The van der Waals surface area contributed by atoms with Crippen molar-refractivity contribution in [1.29, 1.82) is 0 Å². The van der Waals surface area contributed by atoms with E-state index < -0.39 is 11.5 Å². The molecule has 1 saturated heterocycles. The first-order valence-electron chi connectivity index (χ1n) is 11.4. The Morgan fingerprint density at radius 1 is 1.27 bits per heavy atom. The summed E-state index contributed by atoms with van der Waals surface area (Å²) < 4.78 is 8.46. The molecule has 2 aliphatic rings. The van der Waals surface area contributed by atoms with Crippen molar-refractivity contribution in [2.75, 3.05) is 13.1 Å². The fourth-order valence-corrected chi connectivity index (χ4v) is 4.15. The molecular weight excluding hydrogens is 426 g/mol. The SMILES string of the molecule is CC(C)Cn1c(=O)c(C(=O)NC2CC2)cn2nc(O)c(/C=C/C(=O)N3C[C@@H](C)O[C@H](C)C3)c12. The predicted molar refractivity (Wildman–Crippen MR) is 122 cm³/mol. The van der Waals surface area contributed by atoms with Crippen LogP contribution in [-0.4, -0.2) is 67.3 Å². The van der Waals surface area contributed by atoms with Gasteiger partial charge in [0.2, 0.25) is 11.8 Å². The van der Waals surface area contributed by atoms with E-state index in [-0.39, 0.29) is 47.1 Å². The molecule has 178 valence electrons. The number of aromatic nitrogens is 3. The fourth-order valence-electron chi connectivity index (χ4n) is 4.15. The second-order valence-corrected chi connectivity index (χ2v) is 9.44. The first kappa shape index (κ1) is 23.0. The van der Waals surface area contributed by atoms with Gasteiger partial charge in [-0.1, -0.05) is 13.8 Å². The predicted octanol–water partition coefficient (Wildman–Crippen LogP) is 1.40. The molecule has 10 nitrogen and oxygen atoms in total. The number of hydrogen-bond acceptors (Lipinski definition) is 6. The summed E-state index contributed by atoms with van der Waals surface area (Å²) in [7, 11) is 0. The number of aromatic hydroxyl groups is 1. The van der Waals surface area contributed by atoms with Gasteiger partial charge in [-0.3, -0.25) is 19.0 Å². The Bertz CT molecular complexity index is 1150. The lowest BCUT2D eigenvalue weighted by Gasteiger charge is -2.34. The minimum Gasteiger partial charge on any atom is -0.492 e. The number of carbonyl (C=O) groups is 2. The van der Waals surface area contributed by atoms with Crippen molar-refractivity contribution >= 4 is 23.5 Å². The van der Waals surface area contributed by atoms with Gasteiger partial charge in [0.25, 0.3) is 11.5 Å². The van der Waals surface area contributed by atoms with E-state index in [2.05, 4.69) is 10.4 Å². The number of fused-ring (bicyclic) bond motifs is 1. The number of nitrogens with one attached hydrogen (secondary N) is 1. The van der Waals surface area contributed by atoms with E-state index in [4.69, 9.17) is 4.74 Å². The largest absolute Gasteiger partial charge is 0.492 e. The third-order valence-electron chi connectivity index (χ3n) is 5.71. The van der Waals surface area contributed by atoms with Crippen LogP contribution in [0.3, 0.4) is 0 Å². The van der Waals surface area contributed by atoms with Gasteiger partial charge in [-0.15, -0.1) is 5.10 Å². The molecule has 33 heavy (non-hydrogen) atoms. The third-order valence-corrected chi connectivity index (χ3v) is 5.71. The minimum absolute atomic E-state index is 0.0274.